The van der Waals surface area contributed by atoms with E-state index in [1.54, 1.807) is 19.2 Å². The molecule has 0 amide bonds. The van der Waals surface area contributed by atoms with E-state index in [-0.39, 0.29) is 17.5 Å². The number of methoxy groups -OCH3 is 1. The number of rotatable bonds is 5. The fourth-order valence-electron chi connectivity index (χ4n) is 5.12. The first-order valence-corrected chi connectivity index (χ1v) is 11.3. The van der Waals surface area contributed by atoms with Gasteiger partial charge in [-0.2, -0.15) is 0 Å². The van der Waals surface area contributed by atoms with Gasteiger partial charge in [-0.1, -0.05) is 6.07 Å². The molecule has 2 saturated heterocycles. The van der Waals surface area contributed by atoms with Crippen molar-refractivity contribution in [1.82, 2.24) is 9.80 Å². The van der Waals surface area contributed by atoms with Crippen molar-refractivity contribution in [3.63, 3.8) is 0 Å². The molecule has 6 nitrogen and oxygen atoms in total. The summed E-state index contributed by atoms with van der Waals surface area (Å²) in [5.74, 6) is -0.121. The lowest BCUT2D eigenvalue weighted by Gasteiger charge is -2.43. The summed E-state index contributed by atoms with van der Waals surface area (Å²) in [6.45, 7) is 5.18. The predicted octanol–water partition coefficient (Wildman–Crippen LogP) is 3.40. The van der Waals surface area contributed by atoms with Crippen LogP contribution >= 0.6 is 0 Å². The standard InChI is InChI=1S/C25H29FN2O4/c1-30-22-7-4-20-15-28(16-25(23(20)14-22)31-12-13-32-25)17-27-10-8-19(9-11-27)24(29)18-2-5-21(26)6-3-18/h2-7,14,19H,8-13,15-17H2,1H3. The van der Waals surface area contributed by atoms with E-state index < -0.39 is 5.79 Å². The molecule has 170 valence electrons. The van der Waals surface area contributed by atoms with Crippen LogP contribution in [-0.2, 0) is 21.8 Å². The van der Waals surface area contributed by atoms with Gasteiger partial charge in [-0.05, 0) is 54.8 Å². The molecule has 0 atom stereocenters. The van der Waals surface area contributed by atoms with Crippen LogP contribution in [0.5, 0.6) is 5.75 Å². The normalized spacial score (nSPS) is 21.6. The Bertz CT molecular complexity index is 966. The topological polar surface area (TPSA) is 51.2 Å². The molecule has 2 aromatic carbocycles. The summed E-state index contributed by atoms with van der Waals surface area (Å²) < 4.78 is 30.8. The van der Waals surface area contributed by atoms with E-state index in [1.807, 2.05) is 12.1 Å². The first-order chi connectivity index (χ1) is 15.6. The number of halogens is 1. The molecule has 0 bridgehead atoms. The molecule has 2 aromatic rings. The Morgan fingerprint density at radius 1 is 1.09 bits per heavy atom. The van der Waals surface area contributed by atoms with Gasteiger partial charge >= 0.3 is 0 Å². The SMILES string of the molecule is COc1ccc2c(c1)C1(CN(CN3CCC(C(=O)c4ccc(F)cc4)CC3)C2)OCCO1. The molecule has 32 heavy (non-hydrogen) atoms. The Morgan fingerprint density at radius 2 is 1.81 bits per heavy atom. The maximum absolute atomic E-state index is 13.2. The van der Waals surface area contributed by atoms with Crippen molar-refractivity contribution in [1.29, 1.82) is 0 Å². The number of benzene rings is 2. The van der Waals surface area contributed by atoms with Crippen LogP contribution < -0.4 is 4.74 Å². The molecule has 0 saturated carbocycles. The summed E-state index contributed by atoms with van der Waals surface area (Å²) in [7, 11) is 1.67. The smallest absolute Gasteiger partial charge is 0.208 e. The van der Waals surface area contributed by atoms with Crippen molar-refractivity contribution in [3.05, 3.63) is 65.0 Å². The molecule has 0 N–H and O–H groups in total. The fourth-order valence-corrected chi connectivity index (χ4v) is 5.12. The number of likely N-dealkylation sites (tertiary alicyclic amines) is 1. The van der Waals surface area contributed by atoms with Gasteiger partial charge in [0.1, 0.15) is 11.6 Å². The maximum Gasteiger partial charge on any atom is 0.208 e. The van der Waals surface area contributed by atoms with E-state index >= 15 is 0 Å². The lowest BCUT2D eigenvalue weighted by atomic mass is 9.89. The number of hydrogen-bond acceptors (Lipinski definition) is 6. The highest BCUT2D eigenvalue weighted by molar-refractivity contribution is 5.97. The fraction of sp³-hybridized carbons (Fsp3) is 0.480. The second kappa shape index (κ2) is 8.90. The van der Waals surface area contributed by atoms with Gasteiger partial charge in [-0.25, -0.2) is 4.39 Å². The lowest BCUT2D eigenvalue weighted by Crippen LogP contribution is -2.51. The predicted molar refractivity (Wildman–Crippen MR) is 117 cm³/mol. The average Bonchev–Trinajstić information content (AvgIpc) is 3.28. The minimum atomic E-state index is -0.737. The summed E-state index contributed by atoms with van der Waals surface area (Å²) in [6, 6.07) is 12.0. The Kier molecular flexibility index (Phi) is 5.99. The molecule has 0 aromatic heterocycles. The van der Waals surface area contributed by atoms with E-state index in [4.69, 9.17) is 14.2 Å². The third-order valence-electron chi connectivity index (χ3n) is 6.79. The van der Waals surface area contributed by atoms with E-state index in [2.05, 4.69) is 15.9 Å². The van der Waals surface area contributed by atoms with Gasteiger partial charge in [0.25, 0.3) is 0 Å². The molecule has 3 heterocycles. The molecular weight excluding hydrogens is 411 g/mol. The molecule has 2 fully saturated rings. The minimum Gasteiger partial charge on any atom is -0.497 e. The maximum atomic E-state index is 13.2. The highest BCUT2D eigenvalue weighted by Gasteiger charge is 2.45. The molecule has 0 radical (unpaired) electrons. The van der Waals surface area contributed by atoms with Gasteiger partial charge in [0.05, 0.1) is 33.5 Å². The number of ether oxygens (including phenoxy) is 3. The second-order valence-corrected chi connectivity index (χ2v) is 8.86. The number of carbonyl (C=O) groups excluding carboxylic acids is 1. The third-order valence-corrected chi connectivity index (χ3v) is 6.79. The number of carbonyl (C=O) groups is 1. The molecular formula is C25H29FN2O4. The molecule has 5 rings (SSSR count). The van der Waals surface area contributed by atoms with Crippen LogP contribution in [0.4, 0.5) is 4.39 Å². The van der Waals surface area contributed by atoms with Gasteiger partial charge in [0.15, 0.2) is 5.78 Å². The Labute approximate surface area is 187 Å². The Morgan fingerprint density at radius 3 is 2.50 bits per heavy atom. The van der Waals surface area contributed by atoms with Crippen LogP contribution in [-0.4, -0.2) is 62.2 Å². The highest BCUT2D eigenvalue weighted by Crippen LogP contribution is 2.40. The second-order valence-electron chi connectivity index (χ2n) is 8.86. The lowest BCUT2D eigenvalue weighted by molar-refractivity contribution is -0.191. The zero-order chi connectivity index (χ0) is 22.1. The van der Waals surface area contributed by atoms with Crippen LogP contribution in [0.15, 0.2) is 42.5 Å². The van der Waals surface area contributed by atoms with Crippen molar-refractivity contribution >= 4 is 5.78 Å². The monoisotopic (exact) mass is 440 g/mol. The highest BCUT2D eigenvalue weighted by atomic mass is 19.1. The van der Waals surface area contributed by atoms with E-state index in [9.17, 15) is 9.18 Å². The van der Waals surface area contributed by atoms with Crippen LogP contribution in [0.3, 0.4) is 0 Å². The summed E-state index contributed by atoms with van der Waals surface area (Å²) in [6.07, 6.45) is 1.63. The molecule has 0 aliphatic carbocycles. The number of fused-ring (bicyclic) bond motifs is 2. The molecule has 7 heteroatoms. The van der Waals surface area contributed by atoms with Crippen LogP contribution in [0.2, 0.25) is 0 Å². The quantitative estimate of drug-likeness (QED) is 0.665. The number of nitrogens with zero attached hydrogens (tertiary/aromatic N) is 2. The van der Waals surface area contributed by atoms with Gasteiger partial charge in [-0.3, -0.25) is 14.6 Å². The summed E-state index contributed by atoms with van der Waals surface area (Å²) in [4.78, 5) is 17.5. The van der Waals surface area contributed by atoms with Crippen LogP contribution in [0.1, 0.15) is 34.3 Å². The van der Waals surface area contributed by atoms with Gasteiger partial charge in [0, 0.05) is 36.7 Å². The molecule has 3 aliphatic rings. The van der Waals surface area contributed by atoms with Crippen LogP contribution in [0, 0.1) is 11.7 Å². The van der Waals surface area contributed by atoms with E-state index in [0.29, 0.717) is 25.3 Å². The summed E-state index contributed by atoms with van der Waals surface area (Å²) in [5, 5.41) is 0. The molecule has 1 spiro atoms. The first kappa shape index (κ1) is 21.5. The zero-order valence-electron chi connectivity index (χ0n) is 18.4. The minimum absolute atomic E-state index is 0.000834. The van der Waals surface area contributed by atoms with E-state index in [1.165, 1.54) is 17.7 Å². The largest absolute Gasteiger partial charge is 0.497 e. The number of Topliss-reactive ketones (excluding diaryl/α,β-unsaturated/α-hetero) is 1. The molecule has 3 aliphatic heterocycles. The van der Waals surface area contributed by atoms with Crippen molar-refractivity contribution in [2.75, 3.05) is 46.6 Å². The van der Waals surface area contributed by atoms with Gasteiger partial charge < -0.3 is 14.2 Å². The van der Waals surface area contributed by atoms with Crippen molar-refractivity contribution in [2.24, 2.45) is 5.92 Å². The first-order valence-electron chi connectivity index (χ1n) is 11.3. The summed E-state index contributed by atoms with van der Waals surface area (Å²) >= 11 is 0. The van der Waals surface area contributed by atoms with Gasteiger partial charge in [-0.15, -0.1) is 0 Å². The Hall–Kier alpha value is -2.32. The average molecular weight is 441 g/mol. The third kappa shape index (κ3) is 4.18. The van der Waals surface area contributed by atoms with Crippen molar-refractivity contribution in [2.45, 2.75) is 25.2 Å². The van der Waals surface area contributed by atoms with Gasteiger partial charge in [0.2, 0.25) is 5.79 Å². The van der Waals surface area contributed by atoms with Crippen molar-refractivity contribution in [3.8, 4) is 5.75 Å². The van der Waals surface area contributed by atoms with Crippen molar-refractivity contribution < 1.29 is 23.4 Å². The zero-order valence-corrected chi connectivity index (χ0v) is 18.4. The number of ketones is 1. The Balaban J connectivity index is 1.23. The number of piperidine rings is 1. The van der Waals surface area contributed by atoms with Crippen LogP contribution in [0.25, 0.3) is 0 Å². The molecule has 0 unspecified atom stereocenters. The number of hydrogen-bond donors (Lipinski definition) is 0. The summed E-state index contributed by atoms with van der Waals surface area (Å²) in [5.41, 5.74) is 2.86. The van der Waals surface area contributed by atoms with E-state index in [0.717, 1.165) is 50.5 Å².